The molecular formula is C30H39NO2. The normalized spacial score (nSPS) is 20.5. The fourth-order valence-electron chi connectivity index (χ4n) is 5.18. The number of rotatable bonds is 8. The largest absolute Gasteiger partial charge is 0.496 e. The van der Waals surface area contributed by atoms with Crippen LogP contribution in [-0.2, 0) is 19.4 Å². The molecule has 176 valence electrons. The Hall–Kier alpha value is -2.52. The van der Waals surface area contributed by atoms with Crippen LogP contribution in [0.5, 0.6) is 11.5 Å². The highest BCUT2D eigenvalue weighted by atomic mass is 16.5. The molecule has 2 atom stereocenters. The molecule has 1 aliphatic heterocycles. The van der Waals surface area contributed by atoms with Crippen molar-refractivity contribution < 1.29 is 9.47 Å². The Kier molecular flexibility index (Phi) is 7.29. The van der Waals surface area contributed by atoms with Crippen LogP contribution < -0.4 is 9.47 Å². The van der Waals surface area contributed by atoms with Gasteiger partial charge in [-0.05, 0) is 86.4 Å². The lowest BCUT2D eigenvalue weighted by molar-refractivity contribution is 0.248. The van der Waals surface area contributed by atoms with Gasteiger partial charge in [0, 0.05) is 24.2 Å². The number of methoxy groups -OCH3 is 1. The molecule has 2 aromatic carbocycles. The van der Waals surface area contributed by atoms with Crippen molar-refractivity contribution in [3.8, 4) is 11.5 Å². The van der Waals surface area contributed by atoms with Crippen molar-refractivity contribution in [1.29, 1.82) is 0 Å². The zero-order valence-corrected chi connectivity index (χ0v) is 21.2. The highest BCUT2D eigenvalue weighted by molar-refractivity contribution is 5.72. The molecule has 0 aromatic heterocycles. The number of benzene rings is 2. The number of allylic oxidation sites excluding steroid dienone is 1. The van der Waals surface area contributed by atoms with E-state index in [2.05, 4.69) is 88.1 Å². The lowest BCUT2D eigenvalue weighted by atomic mass is 9.86. The number of hydrogen-bond acceptors (Lipinski definition) is 3. The molecule has 1 heterocycles. The van der Waals surface area contributed by atoms with Gasteiger partial charge in [0.2, 0.25) is 0 Å². The summed E-state index contributed by atoms with van der Waals surface area (Å²) >= 11 is 0. The minimum absolute atomic E-state index is 0.516. The van der Waals surface area contributed by atoms with Gasteiger partial charge in [0.1, 0.15) is 18.1 Å². The quantitative estimate of drug-likeness (QED) is 0.415. The summed E-state index contributed by atoms with van der Waals surface area (Å²) in [5.41, 5.74) is 8.19. The number of fused-ring (bicyclic) bond motifs is 1. The van der Waals surface area contributed by atoms with Crippen LogP contribution in [-0.4, -0.2) is 30.6 Å². The summed E-state index contributed by atoms with van der Waals surface area (Å²) in [6.07, 6.45) is 7.92. The third kappa shape index (κ3) is 5.35. The Labute approximate surface area is 200 Å². The van der Waals surface area contributed by atoms with Gasteiger partial charge in [-0.3, -0.25) is 4.90 Å². The molecule has 2 aromatic rings. The summed E-state index contributed by atoms with van der Waals surface area (Å²) in [6, 6.07) is 14.1. The van der Waals surface area contributed by atoms with E-state index in [4.69, 9.17) is 9.47 Å². The molecule has 33 heavy (non-hydrogen) atoms. The second-order valence-electron chi connectivity index (χ2n) is 10.1. The van der Waals surface area contributed by atoms with Crippen molar-refractivity contribution in [3.63, 3.8) is 0 Å². The van der Waals surface area contributed by atoms with Gasteiger partial charge in [0.25, 0.3) is 0 Å². The zero-order chi connectivity index (χ0) is 23.5. The molecule has 0 spiro atoms. The number of aryl methyl sites for hydroxylation is 1. The van der Waals surface area contributed by atoms with Gasteiger partial charge >= 0.3 is 0 Å². The predicted molar refractivity (Wildman–Crippen MR) is 138 cm³/mol. The molecule has 0 bridgehead atoms. The first-order valence-electron chi connectivity index (χ1n) is 12.4. The molecule has 0 saturated carbocycles. The standard InChI is InChI=1S/C30H39NO2/c1-20(2)15-24-9-10-27(30(16-24)32-6)19-33-28-13-14-29-23(5)26(12-11-25(29)17-28)18-31-21(3)7-8-22(31)4/h7-10,13-14,16-17,20-22H,11-12,15,18-19H2,1-6H3. The summed E-state index contributed by atoms with van der Waals surface area (Å²) in [7, 11) is 1.74. The second-order valence-corrected chi connectivity index (χ2v) is 10.1. The summed E-state index contributed by atoms with van der Waals surface area (Å²) in [5.74, 6) is 2.47. The number of hydrogen-bond donors (Lipinski definition) is 0. The van der Waals surface area contributed by atoms with Gasteiger partial charge in [0.15, 0.2) is 0 Å². The van der Waals surface area contributed by atoms with E-state index in [-0.39, 0.29) is 0 Å². The molecule has 0 N–H and O–H groups in total. The minimum Gasteiger partial charge on any atom is -0.496 e. The minimum atomic E-state index is 0.516. The smallest absolute Gasteiger partial charge is 0.125 e. The maximum atomic E-state index is 6.21. The molecule has 2 aliphatic rings. The van der Waals surface area contributed by atoms with Crippen molar-refractivity contribution in [2.75, 3.05) is 13.7 Å². The third-order valence-electron chi connectivity index (χ3n) is 7.18. The second kappa shape index (κ2) is 10.2. The summed E-state index contributed by atoms with van der Waals surface area (Å²) in [6.45, 7) is 12.9. The van der Waals surface area contributed by atoms with Gasteiger partial charge in [-0.25, -0.2) is 0 Å². The lowest BCUT2D eigenvalue weighted by Crippen LogP contribution is -2.35. The van der Waals surface area contributed by atoms with E-state index >= 15 is 0 Å². The average molecular weight is 446 g/mol. The van der Waals surface area contributed by atoms with E-state index in [9.17, 15) is 0 Å². The van der Waals surface area contributed by atoms with Crippen molar-refractivity contribution in [3.05, 3.63) is 76.4 Å². The molecule has 4 rings (SSSR count). The molecule has 0 saturated heterocycles. The first-order valence-corrected chi connectivity index (χ1v) is 12.4. The molecular weight excluding hydrogens is 406 g/mol. The summed E-state index contributed by atoms with van der Waals surface area (Å²) in [4.78, 5) is 2.58. The zero-order valence-electron chi connectivity index (χ0n) is 21.2. The van der Waals surface area contributed by atoms with E-state index < -0.39 is 0 Å². The summed E-state index contributed by atoms with van der Waals surface area (Å²) < 4.78 is 11.9. The topological polar surface area (TPSA) is 21.7 Å². The molecule has 3 nitrogen and oxygen atoms in total. The fraction of sp³-hybridized carbons (Fsp3) is 0.467. The first-order chi connectivity index (χ1) is 15.9. The van der Waals surface area contributed by atoms with Crippen LogP contribution in [0, 0.1) is 5.92 Å². The highest BCUT2D eigenvalue weighted by Crippen LogP contribution is 2.35. The first kappa shape index (κ1) is 23.6. The van der Waals surface area contributed by atoms with Crippen molar-refractivity contribution in [2.24, 2.45) is 5.92 Å². The van der Waals surface area contributed by atoms with Gasteiger partial charge in [-0.2, -0.15) is 0 Å². The Morgan fingerprint density at radius 1 is 1.00 bits per heavy atom. The van der Waals surface area contributed by atoms with Crippen LogP contribution in [0.1, 0.15) is 63.3 Å². The van der Waals surface area contributed by atoms with Crippen molar-refractivity contribution >= 4 is 5.57 Å². The molecule has 2 unspecified atom stereocenters. The van der Waals surface area contributed by atoms with Gasteiger partial charge in [-0.1, -0.05) is 49.8 Å². The number of ether oxygens (including phenoxy) is 2. The Morgan fingerprint density at radius 3 is 2.45 bits per heavy atom. The molecule has 0 amide bonds. The summed E-state index contributed by atoms with van der Waals surface area (Å²) in [5, 5.41) is 0. The van der Waals surface area contributed by atoms with E-state index in [0.717, 1.165) is 42.9 Å². The molecule has 0 fully saturated rings. The average Bonchev–Trinajstić information content (AvgIpc) is 3.11. The van der Waals surface area contributed by atoms with Crippen molar-refractivity contribution in [1.82, 2.24) is 4.90 Å². The van der Waals surface area contributed by atoms with E-state index in [1.54, 1.807) is 12.7 Å². The monoisotopic (exact) mass is 445 g/mol. The van der Waals surface area contributed by atoms with Crippen LogP contribution in [0.2, 0.25) is 0 Å². The van der Waals surface area contributed by atoms with E-state index in [1.165, 1.54) is 22.3 Å². The van der Waals surface area contributed by atoms with Crippen LogP contribution in [0.15, 0.2) is 54.1 Å². The van der Waals surface area contributed by atoms with Crippen LogP contribution >= 0.6 is 0 Å². The third-order valence-corrected chi connectivity index (χ3v) is 7.18. The van der Waals surface area contributed by atoms with E-state index in [1.807, 2.05) is 0 Å². The Balaban J connectivity index is 1.45. The maximum absolute atomic E-state index is 6.21. The predicted octanol–water partition coefficient (Wildman–Crippen LogP) is 6.84. The van der Waals surface area contributed by atoms with Gasteiger partial charge in [-0.15, -0.1) is 0 Å². The van der Waals surface area contributed by atoms with Crippen LogP contribution in [0.25, 0.3) is 5.57 Å². The molecule has 0 radical (unpaired) electrons. The Bertz CT molecular complexity index is 1040. The number of nitrogens with zero attached hydrogens (tertiary/aromatic N) is 1. The fourth-order valence-corrected chi connectivity index (χ4v) is 5.18. The maximum Gasteiger partial charge on any atom is 0.125 e. The Morgan fingerprint density at radius 2 is 1.76 bits per heavy atom. The SMILES string of the molecule is COc1cc(CC(C)C)ccc1COc1ccc2c(c1)CCC(CN1C(C)C=CC1C)=C2C. The molecule has 3 heteroatoms. The van der Waals surface area contributed by atoms with Gasteiger partial charge in [0.05, 0.1) is 7.11 Å². The lowest BCUT2D eigenvalue weighted by Gasteiger charge is -2.30. The van der Waals surface area contributed by atoms with Gasteiger partial charge < -0.3 is 9.47 Å². The van der Waals surface area contributed by atoms with Crippen LogP contribution in [0.3, 0.4) is 0 Å². The van der Waals surface area contributed by atoms with Crippen molar-refractivity contribution in [2.45, 2.75) is 72.6 Å². The molecule has 1 aliphatic carbocycles. The highest BCUT2D eigenvalue weighted by Gasteiger charge is 2.25. The van der Waals surface area contributed by atoms with E-state index in [0.29, 0.717) is 24.6 Å². The van der Waals surface area contributed by atoms with Crippen LogP contribution in [0.4, 0.5) is 0 Å².